The van der Waals surface area contributed by atoms with E-state index in [9.17, 15) is 0 Å². The predicted octanol–water partition coefficient (Wildman–Crippen LogP) is 6.93. The van der Waals surface area contributed by atoms with Crippen molar-refractivity contribution in [2.45, 2.75) is 51.0 Å². The van der Waals surface area contributed by atoms with Crippen molar-refractivity contribution < 1.29 is 28.4 Å². The standard InChI is InChI=1S/C38H38N2O6/c1-39-11-10-24-18-32(42-4)36-38-34(24)27(39)14-21-6-8-29-26(13-21)20-44-35-31(41-3)17-23-9-12-40(2)28(33(23)37(35)45-29)15-22-5-7-25(19-43-36)30(16-22)46-38/h5-8,13,16-18,27-28H,9-12,14-15,19-20H2,1-4H3. The smallest absolute Gasteiger partial charge is 0.204 e. The Morgan fingerprint density at radius 3 is 1.74 bits per heavy atom. The summed E-state index contributed by atoms with van der Waals surface area (Å²) in [6, 6.07) is 17.6. The van der Waals surface area contributed by atoms with Crippen LogP contribution in [-0.4, -0.2) is 51.2 Å². The number of likely N-dealkylation sites (N-methyl/N-ethyl adjacent to an activating group) is 2. The van der Waals surface area contributed by atoms with E-state index in [1.54, 1.807) is 14.2 Å². The fourth-order valence-corrected chi connectivity index (χ4v) is 8.03. The summed E-state index contributed by atoms with van der Waals surface area (Å²) in [7, 11) is 7.82. The largest absolute Gasteiger partial charge is 0.493 e. The first kappa shape index (κ1) is 27.9. The first-order chi connectivity index (χ1) is 22.5. The molecule has 2 atom stereocenters. The van der Waals surface area contributed by atoms with E-state index >= 15 is 0 Å². The highest BCUT2D eigenvalue weighted by molar-refractivity contribution is 5.65. The molecule has 6 aliphatic heterocycles. The van der Waals surface area contributed by atoms with Gasteiger partial charge in [-0.15, -0.1) is 0 Å². The Labute approximate surface area is 269 Å². The number of hydrogen-bond acceptors (Lipinski definition) is 8. The van der Waals surface area contributed by atoms with Crippen LogP contribution in [0.25, 0.3) is 0 Å². The Kier molecular flexibility index (Phi) is 6.41. The van der Waals surface area contributed by atoms with Crippen molar-refractivity contribution in [3.05, 3.63) is 93.0 Å². The van der Waals surface area contributed by atoms with Crippen molar-refractivity contribution in [2.24, 2.45) is 0 Å². The number of methoxy groups -OCH3 is 2. The summed E-state index contributed by atoms with van der Waals surface area (Å²) in [5, 5.41) is 0. The molecule has 0 saturated carbocycles. The highest BCUT2D eigenvalue weighted by atomic mass is 16.6. The van der Waals surface area contributed by atoms with Gasteiger partial charge in [-0.1, -0.05) is 18.2 Å². The van der Waals surface area contributed by atoms with Gasteiger partial charge < -0.3 is 28.4 Å². The summed E-state index contributed by atoms with van der Waals surface area (Å²) >= 11 is 0. The molecule has 4 aromatic rings. The molecule has 46 heavy (non-hydrogen) atoms. The topological polar surface area (TPSA) is 61.9 Å². The summed E-state index contributed by atoms with van der Waals surface area (Å²) in [6.07, 6.45) is 3.39. The third-order valence-corrected chi connectivity index (χ3v) is 10.6. The molecule has 10 rings (SSSR count). The maximum absolute atomic E-state index is 7.00. The molecule has 0 aliphatic carbocycles. The lowest BCUT2D eigenvalue weighted by Crippen LogP contribution is -2.34. The van der Waals surface area contributed by atoms with Gasteiger partial charge in [-0.25, -0.2) is 0 Å². The maximum Gasteiger partial charge on any atom is 0.204 e. The van der Waals surface area contributed by atoms with E-state index in [0.29, 0.717) is 24.7 Å². The summed E-state index contributed by atoms with van der Waals surface area (Å²) in [5.74, 6) is 6.00. The third-order valence-electron chi connectivity index (χ3n) is 10.6. The zero-order valence-corrected chi connectivity index (χ0v) is 26.8. The average Bonchev–Trinajstić information content (AvgIpc) is 3.38. The molecular weight excluding hydrogens is 580 g/mol. The van der Waals surface area contributed by atoms with Crippen LogP contribution in [0.4, 0.5) is 0 Å². The summed E-state index contributed by atoms with van der Waals surface area (Å²) in [5.41, 5.74) is 9.26. The third kappa shape index (κ3) is 4.27. The molecule has 0 aromatic heterocycles. The Morgan fingerprint density at radius 2 is 1.13 bits per heavy atom. The molecule has 0 fully saturated rings. The van der Waals surface area contributed by atoms with Crippen LogP contribution >= 0.6 is 0 Å². The van der Waals surface area contributed by atoms with Crippen LogP contribution < -0.4 is 28.4 Å². The lowest BCUT2D eigenvalue weighted by atomic mass is 9.87. The van der Waals surface area contributed by atoms with Crippen molar-refractivity contribution in [3.63, 3.8) is 0 Å². The van der Waals surface area contributed by atoms with Crippen LogP contribution in [0.2, 0.25) is 0 Å². The monoisotopic (exact) mass is 618 g/mol. The van der Waals surface area contributed by atoms with Crippen LogP contribution in [0.1, 0.15) is 56.6 Å². The van der Waals surface area contributed by atoms with E-state index in [1.165, 1.54) is 33.4 Å². The first-order valence-electron chi connectivity index (χ1n) is 16.2. The van der Waals surface area contributed by atoms with Crippen LogP contribution in [0, 0.1) is 0 Å². The van der Waals surface area contributed by atoms with Crippen molar-refractivity contribution in [1.29, 1.82) is 0 Å². The van der Waals surface area contributed by atoms with Gasteiger partial charge in [-0.2, -0.15) is 0 Å². The number of benzene rings is 4. The van der Waals surface area contributed by atoms with Gasteiger partial charge in [-0.3, -0.25) is 9.80 Å². The van der Waals surface area contributed by atoms with Crippen LogP contribution in [0.5, 0.6) is 46.0 Å². The molecular formula is C38H38N2O6. The van der Waals surface area contributed by atoms with Gasteiger partial charge in [0.1, 0.15) is 24.7 Å². The molecule has 6 aliphatic rings. The Morgan fingerprint density at radius 1 is 0.587 bits per heavy atom. The minimum atomic E-state index is 0.0711. The van der Waals surface area contributed by atoms with Gasteiger partial charge in [0.05, 0.1) is 14.2 Å². The van der Waals surface area contributed by atoms with Gasteiger partial charge >= 0.3 is 0 Å². The number of fused-ring (bicyclic) bond motifs is 1. The Bertz CT molecular complexity index is 1900. The van der Waals surface area contributed by atoms with Crippen molar-refractivity contribution in [2.75, 3.05) is 41.4 Å². The van der Waals surface area contributed by atoms with Gasteiger partial charge in [0.2, 0.25) is 11.5 Å². The molecule has 0 spiro atoms. The maximum atomic E-state index is 7.00. The molecule has 0 saturated heterocycles. The van der Waals surface area contributed by atoms with Crippen molar-refractivity contribution in [1.82, 2.24) is 9.80 Å². The van der Waals surface area contributed by atoms with E-state index in [-0.39, 0.29) is 12.1 Å². The Balaban J connectivity index is 1.29. The second kappa shape index (κ2) is 10.6. The number of nitrogens with zero attached hydrogens (tertiary/aromatic N) is 2. The molecule has 0 amide bonds. The summed E-state index contributed by atoms with van der Waals surface area (Å²) in [6.45, 7) is 2.68. The van der Waals surface area contributed by atoms with E-state index in [4.69, 9.17) is 28.4 Å². The molecule has 0 N–H and O–H groups in total. The van der Waals surface area contributed by atoms with Crippen LogP contribution in [0.3, 0.4) is 0 Å². The van der Waals surface area contributed by atoms with E-state index in [1.807, 2.05) is 0 Å². The minimum absolute atomic E-state index is 0.0711. The predicted molar refractivity (Wildman–Crippen MR) is 173 cm³/mol. The zero-order chi connectivity index (χ0) is 31.1. The molecule has 7 bridgehead atoms. The number of hydrogen-bond donors (Lipinski definition) is 0. The number of ether oxygens (including phenoxy) is 6. The van der Waals surface area contributed by atoms with Gasteiger partial charge in [0.15, 0.2) is 23.0 Å². The SMILES string of the molecule is COc1cc2c3c4c1OCc1cc(ccc1O4)CC1c4c(cc(OC)c5c4Oc4cc(ccc4CO5)CC3N(C)CC2)CCN1C. The molecule has 8 heteroatoms. The average molecular weight is 619 g/mol. The molecule has 4 aromatic carbocycles. The molecule has 8 nitrogen and oxygen atoms in total. The van der Waals surface area contributed by atoms with Gasteiger partial charge in [0.25, 0.3) is 0 Å². The zero-order valence-electron chi connectivity index (χ0n) is 26.8. The van der Waals surface area contributed by atoms with Crippen LogP contribution in [0.15, 0.2) is 48.5 Å². The highest BCUT2D eigenvalue weighted by Crippen LogP contribution is 2.54. The lowest BCUT2D eigenvalue weighted by molar-refractivity contribution is 0.220. The first-order valence-corrected chi connectivity index (χ1v) is 16.2. The second-order valence-electron chi connectivity index (χ2n) is 13.2. The molecule has 6 heterocycles. The van der Waals surface area contributed by atoms with E-state index in [0.717, 1.165) is 84.4 Å². The Hall–Kier alpha value is -4.40. The fraction of sp³-hybridized carbons (Fsp3) is 0.368. The van der Waals surface area contributed by atoms with E-state index < -0.39 is 0 Å². The van der Waals surface area contributed by atoms with E-state index in [2.05, 4.69) is 72.4 Å². The molecule has 0 radical (unpaired) electrons. The quantitative estimate of drug-likeness (QED) is 0.240. The fourth-order valence-electron chi connectivity index (χ4n) is 8.03. The van der Waals surface area contributed by atoms with Crippen molar-refractivity contribution in [3.8, 4) is 46.0 Å². The van der Waals surface area contributed by atoms with Gasteiger partial charge in [0, 0.05) is 47.4 Å². The summed E-state index contributed by atoms with van der Waals surface area (Å²) in [4.78, 5) is 4.85. The molecule has 2 unspecified atom stereocenters. The lowest BCUT2D eigenvalue weighted by Gasteiger charge is -2.36. The van der Waals surface area contributed by atoms with Gasteiger partial charge in [-0.05, 0) is 92.4 Å². The molecule has 236 valence electrons. The highest BCUT2D eigenvalue weighted by Gasteiger charge is 2.37. The second-order valence-corrected chi connectivity index (χ2v) is 13.2. The van der Waals surface area contributed by atoms with Crippen LogP contribution in [-0.2, 0) is 38.9 Å². The summed E-state index contributed by atoms with van der Waals surface area (Å²) < 4.78 is 38.8. The van der Waals surface area contributed by atoms with Crippen molar-refractivity contribution >= 4 is 0 Å². The normalized spacial score (nSPS) is 20.9. The number of rotatable bonds is 2. The minimum Gasteiger partial charge on any atom is -0.493 e.